The Bertz CT molecular complexity index is 708. The number of aromatic amines is 2. The van der Waals surface area contributed by atoms with Gasteiger partial charge in [0.15, 0.2) is 0 Å². The van der Waals surface area contributed by atoms with Crippen LogP contribution in [0.25, 0.3) is 21.8 Å². The van der Waals surface area contributed by atoms with Gasteiger partial charge in [-0.15, -0.1) is 0 Å². The van der Waals surface area contributed by atoms with Crippen LogP contribution in [0.2, 0.25) is 0 Å². The van der Waals surface area contributed by atoms with E-state index in [-0.39, 0.29) is 5.56 Å². The Hall–Kier alpha value is -2.10. The van der Waals surface area contributed by atoms with Gasteiger partial charge in [0.2, 0.25) is 0 Å². The fourth-order valence-corrected chi connectivity index (χ4v) is 1.86. The van der Waals surface area contributed by atoms with Crippen molar-refractivity contribution < 1.29 is 0 Å². The first kappa shape index (κ1) is 8.23. The van der Waals surface area contributed by atoms with Gasteiger partial charge in [-0.1, -0.05) is 18.2 Å². The summed E-state index contributed by atoms with van der Waals surface area (Å²) in [6, 6.07) is 5.93. The van der Waals surface area contributed by atoms with Gasteiger partial charge < -0.3 is 0 Å². The molecule has 0 fully saturated rings. The number of fused-ring (bicyclic) bond motifs is 3. The monoisotopic (exact) mass is 199 g/mol. The topological polar surface area (TPSA) is 61.5 Å². The highest BCUT2D eigenvalue weighted by molar-refractivity contribution is 6.03. The molecule has 2 N–H and O–H groups in total. The molecular weight excluding hydrogens is 190 g/mol. The van der Waals surface area contributed by atoms with E-state index in [2.05, 4.69) is 15.2 Å². The number of benzene rings is 1. The molecule has 3 aromatic rings. The van der Waals surface area contributed by atoms with Crippen molar-refractivity contribution >= 4 is 21.8 Å². The van der Waals surface area contributed by atoms with Gasteiger partial charge in [-0.25, -0.2) is 0 Å². The third-order valence-electron chi connectivity index (χ3n) is 2.64. The number of aromatic nitrogens is 3. The van der Waals surface area contributed by atoms with E-state index in [4.69, 9.17) is 0 Å². The molecule has 0 atom stereocenters. The summed E-state index contributed by atoms with van der Waals surface area (Å²) in [5, 5.41) is 7.03. The second kappa shape index (κ2) is 2.70. The minimum absolute atomic E-state index is 0.124. The van der Waals surface area contributed by atoms with Crippen LogP contribution in [-0.2, 0) is 0 Å². The van der Waals surface area contributed by atoms with E-state index in [1.807, 2.05) is 25.1 Å². The van der Waals surface area contributed by atoms with Crippen molar-refractivity contribution in [3.8, 4) is 0 Å². The predicted octanol–water partition coefficient (Wildman–Crippen LogP) is 1.71. The number of H-pyrrole nitrogens is 2. The lowest BCUT2D eigenvalue weighted by molar-refractivity contribution is 1.08. The SMILES string of the molecule is Cc1cccc2c1ncc1c(=O)[nH][nH]c12. The van der Waals surface area contributed by atoms with Crippen LogP contribution in [0.15, 0.2) is 29.2 Å². The largest absolute Gasteiger partial charge is 0.297 e. The molecule has 0 saturated heterocycles. The zero-order valence-corrected chi connectivity index (χ0v) is 8.16. The second-order valence-electron chi connectivity index (χ2n) is 3.60. The second-order valence-corrected chi connectivity index (χ2v) is 3.60. The van der Waals surface area contributed by atoms with Crippen LogP contribution in [0.3, 0.4) is 0 Å². The van der Waals surface area contributed by atoms with Crippen LogP contribution in [0, 0.1) is 6.92 Å². The van der Waals surface area contributed by atoms with Crippen molar-refractivity contribution in [2.24, 2.45) is 0 Å². The summed E-state index contributed by atoms with van der Waals surface area (Å²) in [6.07, 6.45) is 1.61. The summed E-state index contributed by atoms with van der Waals surface area (Å²) >= 11 is 0. The number of hydrogen-bond donors (Lipinski definition) is 2. The predicted molar refractivity (Wildman–Crippen MR) is 59.0 cm³/mol. The Morgan fingerprint density at radius 3 is 2.93 bits per heavy atom. The van der Waals surface area contributed by atoms with E-state index in [1.165, 1.54) is 0 Å². The number of aryl methyl sites for hydroxylation is 1. The molecule has 2 heterocycles. The minimum atomic E-state index is -0.124. The number of hydrogen-bond acceptors (Lipinski definition) is 2. The summed E-state index contributed by atoms with van der Waals surface area (Å²) in [5.41, 5.74) is 2.74. The Labute approximate surface area is 84.9 Å². The summed E-state index contributed by atoms with van der Waals surface area (Å²) < 4.78 is 0. The van der Waals surface area contributed by atoms with E-state index in [0.717, 1.165) is 22.0 Å². The molecule has 4 nitrogen and oxygen atoms in total. The van der Waals surface area contributed by atoms with E-state index in [0.29, 0.717) is 5.39 Å². The standard InChI is InChI=1S/C11H9N3O/c1-6-3-2-4-7-9(6)12-5-8-10(7)13-14-11(8)15/h2-5H,1H3,(H2,13,14,15). The molecule has 0 aliphatic heterocycles. The van der Waals surface area contributed by atoms with E-state index in [9.17, 15) is 4.79 Å². The van der Waals surface area contributed by atoms with Crippen LogP contribution in [-0.4, -0.2) is 15.2 Å². The van der Waals surface area contributed by atoms with Gasteiger partial charge in [0, 0.05) is 11.6 Å². The molecule has 74 valence electrons. The summed E-state index contributed by atoms with van der Waals surface area (Å²) in [6.45, 7) is 2.01. The Kier molecular flexibility index (Phi) is 1.48. The molecule has 3 rings (SSSR count). The molecule has 1 aromatic carbocycles. The molecule has 0 bridgehead atoms. The van der Waals surface area contributed by atoms with E-state index in [1.54, 1.807) is 6.20 Å². The van der Waals surface area contributed by atoms with Gasteiger partial charge in [-0.2, -0.15) is 0 Å². The van der Waals surface area contributed by atoms with Gasteiger partial charge in [0.05, 0.1) is 16.4 Å². The lowest BCUT2D eigenvalue weighted by atomic mass is 10.1. The van der Waals surface area contributed by atoms with Crippen LogP contribution in [0.4, 0.5) is 0 Å². The molecule has 0 radical (unpaired) electrons. The highest BCUT2D eigenvalue weighted by Gasteiger charge is 2.06. The molecule has 0 saturated carbocycles. The zero-order valence-electron chi connectivity index (χ0n) is 8.16. The Morgan fingerprint density at radius 2 is 2.07 bits per heavy atom. The van der Waals surface area contributed by atoms with Crippen LogP contribution in [0.1, 0.15) is 5.56 Å². The van der Waals surface area contributed by atoms with Crippen LogP contribution < -0.4 is 5.56 Å². The van der Waals surface area contributed by atoms with Crippen molar-refractivity contribution in [2.75, 3.05) is 0 Å². The van der Waals surface area contributed by atoms with Gasteiger partial charge in [-0.05, 0) is 12.5 Å². The lowest BCUT2D eigenvalue weighted by Gasteiger charge is -2.00. The first-order chi connectivity index (χ1) is 7.27. The van der Waals surface area contributed by atoms with Crippen molar-refractivity contribution in [1.29, 1.82) is 0 Å². The fraction of sp³-hybridized carbons (Fsp3) is 0.0909. The van der Waals surface area contributed by atoms with Crippen molar-refractivity contribution in [1.82, 2.24) is 15.2 Å². The number of para-hydroxylation sites is 1. The number of nitrogens with zero attached hydrogens (tertiary/aromatic N) is 1. The molecule has 0 aliphatic rings. The molecule has 0 aliphatic carbocycles. The third kappa shape index (κ3) is 1.01. The maximum Gasteiger partial charge on any atom is 0.273 e. The maximum absolute atomic E-state index is 11.4. The molecule has 0 amide bonds. The van der Waals surface area contributed by atoms with Crippen molar-refractivity contribution in [3.05, 3.63) is 40.3 Å². The summed E-state index contributed by atoms with van der Waals surface area (Å²) in [7, 11) is 0. The van der Waals surface area contributed by atoms with E-state index < -0.39 is 0 Å². The molecule has 0 spiro atoms. The van der Waals surface area contributed by atoms with Crippen LogP contribution >= 0.6 is 0 Å². The summed E-state index contributed by atoms with van der Waals surface area (Å²) in [4.78, 5) is 15.7. The quantitative estimate of drug-likeness (QED) is 0.579. The molecule has 0 unspecified atom stereocenters. The van der Waals surface area contributed by atoms with Crippen molar-refractivity contribution in [2.45, 2.75) is 6.92 Å². The average Bonchev–Trinajstić information content (AvgIpc) is 2.61. The average molecular weight is 199 g/mol. The Balaban J connectivity index is 2.66. The lowest BCUT2D eigenvalue weighted by Crippen LogP contribution is -1.97. The summed E-state index contributed by atoms with van der Waals surface area (Å²) in [5.74, 6) is 0. The van der Waals surface area contributed by atoms with Crippen LogP contribution in [0.5, 0.6) is 0 Å². The van der Waals surface area contributed by atoms with Gasteiger partial charge in [0.1, 0.15) is 0 Å². The van der Waals surface area contributed by atoms with Gasteiger partial charge >= 0.3 is 0 Å². The third-order valence-corrected chi connectivity index (χ3v) is 2.64. The van der Waals surface area contributed by atoms with Gasteiger partial charge in [-0.3, -0.25) is 20.0 Å². The molecule has 2 aromatic heterocycles. The highest BCUT2D eigenvalue weighted by atomic mass is 16.1. The number of nitrogens with one attached hydrogen (secondary N) is 2. The molecule has 15 heavy (non-hydrogen) atoms. The normalized spacial score (nSPS) is 11.3. The fourth-order valence-electron chi connectivity index (χ4n) is 1.86. The highest BCUT2D eigenvalue weighted by Crippen LogP contribution is 2.21. The first-order valence-corrected chi connectivity index (χ1v) is 4.72. The smallest absolute Gasteiger partial charge is 0.273 e. The van der Waals surface area contributed by atoms with E-state index >= 15 is 0 Å². The molecule has 4 heteroatoms. The first-order valence-electron chi connectivity index (χ1n) is 4.72. The zero-order chi connectivity index (χ0) is 10.4. The van der Waals surface area contributed by atoms with Crippen molar-refractivity contribution in [3.63, 3.8) is 0 Å². The minimum Gasteiger partial charge on any atom is -0.297 e. The number of pyridine rings is 1. The number of rotatable bonds is 0. The maximum atomic E-state index is 11.4. The Morgan fingerprint density at radius 1 is 1.20 bits per heavy atom. The molecular formula is C11H9N3O. The van der Waals surface area contributed by atoms with Gasteiger partial charge in [0.25, 0.3) is 5.56 Å².